The van der Waals surface area contributed by atoms with Crippen LogP contribution in [0.5, 0.6) is 5.75 Å². The third-order valence-electron chi connectivity index (χ3n) is 7.09. The molecule has 0 aliphatic carbocycles. The van der Waals surface area contributed by atoms with Gasteiger partial charge in [-0.2, -0.15) is 0 Å². The fourth-order valence-corrected chi connectivity index (χ4v) is 5.61. The predicted molar refractivity (Wildman–Crippen MR) is 164 cm³/mol. The molecule has 4 N–H and O–H groups in total. The number of aromatic nitrogens is 2. The molecule has 2 aromatic rings. The van der Waals surface area contributed by atoms with Crippen LogP contribution in [0.3, 0.4) is 0 Å². The van der Waals surface area contributed by atoms with Crippen LogP contribution in [0.15, 0.2) is 33.8 Å². The minimum absolute atomic E-state index is 0.111. The number of hydrogen-bond acceptors (Lipinski definition) is 10. The first-order chi connectivity index (χ1) is 19.7. The molecule has 0 saturated carbocycles. The third-order valence-corrected chi connectivity index (χ3v) is 8.05. The number of methoxy groups -OCH3 is 1. The van der Waals surface area contributed by atoms with Crippen LogP contribution in [0.1, 0.15) is 17.7 Å². The van der Waals surface area contributed by atoms with Crippen LogP contribution in [-0.2, 0) is 4.74 Å². The van der Waals surface area contributed by atoms with E-state index in [1.165, 1.54) is 24.5 Å². The first kappa shape index (κ1) is 30.8. The number of aliphatic hydroxyl groups excluding tert-OH is 1. The summed E-state index contributed by atoms with van der Waals surface area (Å²) in [7, 11) is 4.94. The fourth-order valence-electron chi connectivity index (χ4n) is 5.02. The number of allylic oxidation sites excluding steroid dienone is 1. The minimum Gasteiger partial charge on any atom is -0.491 e. The molecule has 1 amide bonds. The van der Waals surface area contributed by atoms with E-state index in [1.807, 2.05) is 6.92 Å². The van der Waals surface area contributed by atoms with Crippen molar-refractivity contribution in [2.24, 2.45) is 0 Å². The van der Waals surface area contributed by atoms with E-state index in [0.29, 0.717) is 70.8 Å². The molecule has 1 aromatic heterocycles. The van der Waals surface area contributed by atoms with Gasteiger partial charge < -0.3 is 40.4 Å². The molecule has 0 spiro atoms. The molecular weight excluding hydrogens is 614 g/mol. The summed E-state index contributed by atoms with van der Waals surface area (Å²) in [4.78, 5) is 26.0. The maximum absolute atomic E-state index is 12.2. The minimum atomic E-state index is -0.668. The van der Waals surface area contributed by atoms with Crippen molar-refractivity contribution in [3.8, 4) is 17.1 Å². The molecule has 0 unspecified atom stereocenters. The SMILES string of the molecule is CNC[C@@H](O)COc1ccc(Cl)c(-c2nc(/C(NC)=C(\Br)C=N)c(C)c(N3CC4=C(CN(C(=O)OC)CC4)C3)n2)c1. The van der Waals surface area contributed by atoms with Crippen molar-refractivity contribution in [1.29, 1.82) is 5.41 Å². The topological polar surface area (TPSA) is 136 Å². The van der Waals surface area contributed by atoms with Gasteiger partial charge in [0, 0.05) is 57.1 Å². The van der Waals surface area contributed by atoms with Gasteiger partial charge >= 0.3 is 6.09 Å². The predicted octanol–water partition coefficient (Wildman–Crippen LogP) is 3.59. The van der Waals surface area contributed by atoms with Gasteiger partial charge in [0.05, 0.1) is 28.0 Å². The van der Waals surface area contributed by atoms with E-state index in [0.717, 1.165) is 17.8 Å². The Morgan fingerprint density at radius 3 is 2.71 bits per heavy atom. The lowest BCUT2D eigenvalue weighted by Crippen LogP contribution is -2.37. The number of carbonyl (C=O) groups excluding carboxylic acids is 1. The number of carbonyl (C=O) groups is 1. The van der Waals surface area contributed by atoms with Crippen LogP contribution in [0.25, 0.3) is 17.1 Å². The monoisotopic (exact) mass is 647 g/mol. The highest BCUT2D eigenvalue weighted by molar-refractivity contribution is 9.12. The van der Waals surface area contributed by atoms with E-state index >= 15 is 0 Å². The number of rotatable bonds is 10. The van der Waals surface area contributed by atoms with Crippen LogP contribution < -0.4 is 20.3 Å². The summed E-state index contributed by atoms with van der Waals surface area (Å²) in [6.45, 7) is 4.91. The number of nitrogens with zero attached hydrogens (tertiary/aromatic N) is 4. The van der Waals surface area contributed by atoms with Crippen molar-refractivity contribution in [3.63, 3.8) is 0 Å². The molecule has 0 saturated heterocycles. The second kappa shape index (κ2) is 13.6. The smallest absolute Gasteiger partial charge is 0.409 e. The summed E-state index contributed by atoms with van der Waals surface area (Å²) in [5.41, 5.74) is 5.14. The molecule has 11 nitrogen and oxygen atoms in total. The van der Waals surface area contributed by atoms with E-state index in [1.54, 1.807) is 37.2 Å². The number of aliphatic hydroxyl groups is 1. The first-order valence-corrected chi connectivity index (χ1v) is 14.4. The van der Waals surface area contributed by atoms with Crippen LogP contribution in [0, 0.1) is 12.3 Å². The zero-order valence-electron chi connectivity index (χ0n) is 23.6. The molecule has 0 fully saturated rings. The molecule has 0 radical (unpaired) electrons. The summed E-state index contributed by atoms with van der Waals surface area (Å²) >= 11 is 10.2. The van der Waals surface area contributed by atoms with E-state index in [4.69, 9.17) is 36.5 Å². The van der Waals surface area contributed by atoms with Crippen molar-refractivity contribution in [3.05, 3.63) is 50.1 Å². The molecule has 4 rings (SSSR count). The lowest BCUT2D eigenvalue weighted by molar-refractivity contribution is 0.108. The Balaban J connectivity index is 1.75. The van der Waals surface area contributed by atoms with Gasteiger partial charge in [0.2, 0.25) is 0 Å². The van der Waals surface area contributed by atoms with Crippen LogP contribution in [-0.4, -0.2) is 98.9 Å². The van der Waals surface area contributed by atoms with Crippen molar-refractivity contribution in [2.75, 3.05) is 65.4 Å². The Hall–Kier alpha value is -3.19. The van der Waals surface area contributed by atoms with Gasteiger partial charge in [0.1, 0.15) is 24.3 Å². The Morgan fingerprint density at radius 2 is 2.02 bits per heavy atom. The Morgan fingerprint density at radius 1 is 1.27 bits per heavy atom. The van der Waals surface area contributed by atoms with Crippen LogP contribution in [0.2, 0.25) is 5.02 Å². The van der Waals surface area contributed by atoms with Gasteiger partial charge in [-0.1, -0.05) is 11.6 Å². The molecule has 41 heavy (non-hydrogen) atoms. The number of nitrogens with one attached hydrogen (secondary N) is 3. The van der Waals surface area contributed by atoms with E-state index in [9.17, 15) is 9.90 Å². The molecule has 220 valence electrons. The highest BCUT2D eigenvalue weighted by Gasteiger charge is 2.32. The number of benzene rings is 1. The summed E-state index contributed by atoms with van der Waals surface area (Å²) < 4.78 is 11.3. The number of likely N-dealkylation sites (N-methyl/N-ethyl adjacent to an activating group) is 1. The van der Waals surface area contributed by atoms with Gasteiger partial charge in [-0.15, -0.1) is 0 Å². The lowest BCUT2D eigenvalue weighted by Gasteiger charge is -2.26. The quantitative estimate of drug-likeness (QED) is 0.225. The second-order valence-electron chi connectivity index (χ2n) is 9.83. The van der Waals surface area contributed by atoms with Crippen LogP contribution >= 0.6 is 27.5 Å². The number of amides is 1. The van der Waals surface area contributed by atoms with E-state index < -0.39 is 6.10 Å². The summed E-state index contributed by atoms with van der Waals surface area (Å²) in [6.07, 6.45) is 0.991. The molecule has 13 heteroatoms. The number of anilines is 1. The molecule has 2 aliphatic rings. The van der Waals surface area contributed by atoms with Gasteiger partial charge in [0.15, 0.2) is 5.82 Å². The Labute approximate surface area is 253 Å². The zero-order valence-corrected chi connectivity index (χ0v) is 25.9. The number of hydrogen-bond donors (Lipinski definition) is 4. The highest BCUT2D eigenvalue weighted by atomic mass is 79.9. The van der Waals surface area contributed by atoms with Crippen molar-refractivity contribution < 1.29 is 19.4 Å². The van der Waals surface area contributed by atoms with Gasteiger partial charge in [0.25, 0.3) is 0 Å². The van der Waals surface area contributed by atoms with Crippen molar-refractivity contribution in [2.45, 2.75) is 19.4 Å². The molecule has 3 heterocycles. The largest absolute Gasteiger partial charge is 0.491 e. The van der Waals surface area contributed by atoms with Gasteiger partial charge in [-0.3, -0.25) is 0 Å². The molecule has 1 atom stereocenters. The number of halogens is 2. The average Bonchev–Trinajstić information content (AvgIpc) is 3.40. The zero-order chi connectivity index (χ0) is 29.7. The highest BCUT2D eigenvalue weighted by Crippen LogP contribution is 2.37. The summed E-state index contributed by atoms with van der Waals surface area (Å²) in [5, 5.41) is 24.4. The van der Waals surface area contributed by atoms with Crippen molar-refractivity contribution in [1.82, 2.24) is 25.5 Å². The maximum atomic E-state index is 12.2. The lowest BCUT2D eigenvalue weighted by atomic mass is 10.0. The van der Waals surface area contributed by atoms with Crippen molar-refractivity contribution >= 4 is 51.4 Å². The first-order valence-electron chi connectivity index (χ1n) is 13.2. The van der Waals surface area contributed by atoms with E-state index in [2.05, 4.69) is 31.5 Å². The van der Waals surface area contributed by atoms with E-state index in [-0.39, 0.29) is 12.7 Å². The normalized spacial score (nSPS) is 16.3. The van der Waals surface area contributed by atoms with Gasteiger partial charge in [-0.25, -0.2) is 14.8 Å². The molecule has 0 bridgehead atoms. The third kappa shape index (κ3) is 6.83. The maximum Gasteiger partial charge on any atom is 0.409 e. The standard InChI is InChI=1S/C28H35BrClN7O4/c1-16-24(25(33-3)22(29)10-31)34-26(21-9-20(5-6-23(21)30)41-15-19(38)11-32-2)35-27(16)37-12-17-7-8-36(28(39)40-4)13-18(17)14-37/h5-6,9-10,19,31-33,38H,7-8,11-15H2,1-4H3/b25-22+,31-10?/t19-/m1/s1. The summed E-state index contributed by atoms with van der Waals surface area (Å²) in [6, 6.07) is 5.23. The Bertz CT molecular complexity index is 1380. The molecule has 2 aliphatic heterocycles. The number of ether oxygens (including phenoxy) is 2. The summed E-state index contributed by atoms with van der Waals surface area (Å²) in [5.74, 6) is 1.65. The average molecular weight is 649 g/mol. The molecule has 1 aromatic carbocycles. The molecular formula is C28H35BrClN7O4. The van der Waals surface area contributed by atoms with Crippen LogP contribution in [0.4, 0.5) is 10.6 Å². The second-order valence-corrected chi connectivity index (χ2v) is 11.1. The van der Waals surface area contributed by atoms with Gasteiger partial charge in [-0.05, 0) is 65.7 Å². The Kier molecular flexibility index (Phi) is 10.2. The fraction of sp³-hybridized carbons (Fsp3) is 0.429.